The first-order valence-corrected chi connectivity index (χ1v) is 9.59. The Hall–Kier alpha value is -1.31. The number of hydrogen-bond acceptors (Lipinski definition) is 4. The summed E-state index contributed by atoms with van der Waals surface area (Å²) in [6, 6.07) is 7.80. The van der Waals surface area contributed by atoms with Gasteiger partial charge in [0.25, 0.3) is 0 Å². The number of benzene rings is 1. The summed E-state index contributed by atoms with van der Waals surface area (Å²) < 4.78 is 17.9. The lowest BCUT2D eigenvalue weighted by atomic mass is 10.2. The normalized spacial score (nSPS) is 17.5. The Bertz CT molecular complexity index is 505. The zero-order chi connectivity index (χ0) is 17.7. The van der Waals surface area contributed by atoms with E-state index in [1.807, 2.05) is 24.3 Å². The van der Waals surface area contributed by atoms with Crippen LogP contribution in [-0.4, -0.2) is 58.6 Å². The van der Waals surface area contributed by atoms with Crippen LogP contribution in [0.1, 0.15) is 19.3 Å². The van der Waals surface area contributed by atoms with Gasteiger partial charge in [0.2, 0.25) is 0 Å². The third-order valence-electron chi connectivity index (χ3n) is 3.79. The van der Waals surface area contributed by atoms with Gasteiger partial charge in [0, 0.05) is 31.3 Å². The third kappa shape index (κ3) is 8.56. The van der Waals surface area contributed by atoms with E-state index in [0.29, 0.717) is 25.9 Å². The number of hydrogen-bond donors (Lipinski definition) is 2. The van der Waals surface area contributed by atoms with Crippen LogP contribution in [0.15, 0.2) is 33.7 Å². The van der Waals surface area contributed by atoms with E-state index in [2.05, 4.69) is 31.6 Å². The summed E-state index contributed by atoms with van der Waals surface area (Å²) in [5.74, 6) is 1.63. The van der Waals surface area contributed by atoms with Gasteiger partial charge in [-0.2, -0.15) is 0 Å². The minimum absolute atomic E-state index is 0.299. The number of nitrogens with one attached hydrogen (secondary N) is 2. The number of ether oxygens (including phenoxy) is 3. The summed E-state index contributed by atoms with van der Waals surface area (Å²) in [6.07, 6.45) is 3.51. The van der Waals surface area contributed by atoms with E-state index in [0.717, 1.165) is 55.2 Å². The van der Waals surface area contributed by atoms with Gasteiger partial charge in [-0.3, -0.25) is 4.99 Å². The highest BCUT2D eigenvalue weighted by Crippen LogP contribution is 2.15. The fraction of sp³-hybridized carbons (Fsp3) is 0.611. The molecule has 0 amide bonds. The molecule has 1 unspecified atom stereocenters. The molecular weight excluding hydrogens is 386 g/mol. The zero-order valence-corrected chi connectivity index (χ0v) is 16.4. The summed E-state index contributed by atoms with van der Waals surface area (Å²) in [7, 11) is 1.76. The Morgan fingerprint density at radius 3 is 2.76 bits per heavy atom. The van der Waals surface area contributed by atoms with Gasteiger partial charge < -0.3 is 24.8 Å². The van der Waals surface area contributed by atoms with Gasteiger partial charge >= 0.3 is 0 Å². The second-order valence-corrected chi connectivity index (χ2v) is 6.71. The van der Waals surface area contributed by atoms with E-state index >= 15 is 0 Å². The van der Waals surface area contributed by atoms with Crippen molar-refractivity contribution in [3.8, 4) is 5.75 Å². The molecule has 1 aliphatic heterocycles. The van der Waals surface area contributed by atoms with Gasteiger partial charge in [0.05, 0.1) is 19.3 Å². The van der Waals surface area contributed by atoms with Crippen LogP contribution in [-0.2, 0) is 9.47 Å². The highest BCUT2D eigenvalue weighted by atomic mass is 79.9. The summed E-state index contributed by atoms with van der Waals surface area (Å²) in [5.41, 5.74) is 0. The first-order valence-electron chi connectivity index (χ1n) is 8.80. The number of rotatable bonds is 10. The maximum absolute atomic E-state index is 5.66. The maximum atomic E-state index is 5.66. The molecule has 25 heavy (non-hydrogen) atoms. The van der Waals surface area contributed by atoms with Crippen LogP contribution in [0.3, 0.4) is 0 Å². The van der Waals surface area contributed by atoms with Crippen LogP contribution in [0.2, 0.25) is 0 Å². The van der Waals surface area contributed by atoms with Gasteiger partial charge in [0.15, 0.2) is 5.96 Å². The van der Waals surface area contributed by atoms with Crippen LogP contribution in [0.5, 0.6) is 5.75 Å². The smallest absolute Gasteiger partial charge is 0.191 e. The van der Waals surface area contributed by atoms with Crippen molar-refractivity contribution in [2.75, 3.05) is 46.6 Å². The van der Waals surface area contributed by atoms with Crippen LogP contribution >= 0.6 is 15.9 Å². The van der Waals surface area contributed by atoms with Crippen molar-refractivity contribution in [3.63, 3.8) is 0 Å². The van der Waals surface area contributed by atoms with E-state index in [9.17, 15) is 0 Å². The number of nitrogens with zero attached hydrogens (tertiary/aromatic N) is 1. The molecule has 1 heterocycles. The van der Waals surface area contributed by atoms with Crippen molar-refractivity contribution in [2.45, 2.75) is 25.4 Å². The van der Waals surface area contributed by atoms with E-state index in [1.165, 1.54) is 0 Å². The molecule has 140 valence electrons. The number of aliphatic imine (C=N–C) groups is 1. The fourth-order valence-corrected chi connectivity index (χ4v) is 2.73. The molecule has 1 aromatic rings. The van der Waals surface area contributed by atoms with Crippen molar-refractivity contribution in [1.82, 2.24) is 10.6 Å². The second-order valence-electron chi connectivity index (χ2n) is 5.79. The fourth-order valence-electron chi connectivity index (χ4n) is 2.46. The second kappa shape index (κ2) is 12.1. The molecule has 0 saturated carbocycles. The van der Waals surface area contributed by atoms with Crippen molar-refractivity contribution >= 4 is 21.9 Å². The largest absolute Gasteiger partial charge is 0.492 e. The summed E-state index contributed by atoms with van der Waals surface area (Å²) in [4.78, 5) is 4.20. The first kappa shape index (κ1) is 20.0. The van der Waals surface area contributed by atoms with E-state index in [1.54, 1.807) is 7.05 Å². The van der Waals surface area contributed by atoms with Crippen LogP contribution in [0.4, 0.5) is 0 Å². The van der Waals surface area contributed by atoms with Gasteiger partial charge in [-0.1, -0.05) is 15.9 Å². The molecule has 1 saturated heterocycles. The Balaban J connectivity index is 1.46. The molecule has 7 heteroatoms. The molecule has 0 bridgehead atoms. The average Bonchev–Trinajstić information content (AvgIpc) is 3.14. The van der Waals surface area contributed by atoms with Gasteiger partial charge in [0.1, 0.15) is 12.4 Å². The lowest BCUT2D eigenvalue weighted by Gasteiger charge is -2.13. The number of guanidine groups is 1. The molecule has 0 aliphatic carbocycles. The number of halogens is 1. The zero-order valence-electron chi connectivity index (χ0n) is 14.8. The molecule has 2 N–H and O–H groups in total. The Labute approximate surface area is 158 Å². The summed E-state index contributed by atoms with van der Waals surface area (Å²) in [5, 5.41) is 6.50. The molecule has 1 fully saturated rings. The first-order chi connectivity index (χ1) is 12.3. The van der Waals surface area contributed by atoms with Gasteiger partial charge in [-0.15, -0.1) is 0 Å². The van der Waals surface area contributed by atoms with Crippen LogP contribution in [0, 0.1) is 0 Å². The Kier molecular flexibility index (Phi) is 9.69. The lowest BCUT2D eigenvalue weighted by molar-refractivity contribution is 0.0168. The molecule has 1 aromatic carbocycles. The lowest BCUT2D eigenvalue weighted by Crippen LogP contribution is -2.39. The van der Waals surface area contributed by atoms with Crippen molar-refractivity contribution in [2.24, 2.45) is 4.99 Å². The van der Waals surface area contributed by atoms with Crippen LogP contribution in [0.25, 0.3) is 0 Å². The van der Waals surface area contributed by atoms with Gasteiger partial charge in [-0.05, 0) is 43.5 Å². The maximum Gasteiger partial charge on any atom is 0.191 e. The molecular formula is C18H28BrN3O3. The summed E-state index contributed by atoms with van der Waals surface area (Å²) >= 11 is 3.41. The third-order valence-corrected chi connectivity index (χ3v) is 4.31. The highest BCUT2D eigenvalue weighted by Gasteiger charge is 2.14. The quantitative estimate of drug-likeness (QED) is 0.350. The molecule has 0 radical (unpaired) electrons. The van der Waals surface area contributed by atoms with E-state index in [4.69, 9.17) is 14.2 Å². The van der Waals surface area contributed by atoms with Crippen molar-refractivity contribution in [3.05, 3.63) is 28.7 Å². The van der Waals surface area contributed by atoms with Crippen molar-refractivity contribution < 1.29 is 14.2 Å². The SMILES string of the molecule is CN=C(NCCCOCC1CCCO1)NCCOc1ccc(Br)cc1. The van der Waals surface area contributed by atoms with Crippen molar-refractivity contribution in [1.29, 1.82) is 0 Å². The standard InChI is InChI=1S/C18H28BrN3O3/c1-20-18(21-9-3-11-23-14-17-4-2-12-24-17)22-10-13-25-16-7-5-15(19)6-8-16/h5-8,17H,2-4,9-14H2,1H3,(H2,20,21,22). The molecule has 6 nitrogen and oxygen atoms in total. The van der Waals surface area contributed by atoms with Gasteiger partial charge in [-0.25, -0.2) is 0 Å². The molecule has 0 spiro atoms. The minimum atomic E-state index is 0.299. The predicted molar refractivity (Wildman–Crippen MR) is 103 cm³/mol. The monoisotopic (exact) mass is 413 g/mol. The molecule has 2 rings (SSSR count). The van der Waals surface area contributed by atoms with E-state index in [-0.39, 0.29) is 0 Å². The highest BCUT2D eigenvalue weighted by molar-refractivity contribution is 9.10. The molecule has 0 aromatic heterocycles. The average molecular weight is 414 g/mol. The molecule has 1 atom stereocenters. The topological polar surface area (TPSA) is 64.1 Å². The van der Waals surface area contributed by atoms with E-state index < -0.39 is 0 Å². The Morgan fingerprint density at radius 2 is 2.04 bits per heavy atom. The Morgan fingerprint density at radius 1 is 1.24 bits per heavy atom. The molecule has 1 aliphatic rings. The summed E-state index contributed by atoms with van der Waals surface area (Å²) in [6.45, 7) is 4.40. The van der Waals surface area contributed by atoms with Crippen LogP contribution < -0.4 is 15.4 Å². The predicted octanol–water partition coefficient (Wildman–Crippen LogP) is 2.58. The minimum Gasteiger partial charge on any atom is -0.492 e.